The normalized spacial score (nSPS) is 11.2. The molecule has 0 radical (unpaired) electrons. The number of amides is 2. The summed E-state index contributed by atoms with van der Waals surface area (Å²) in [6.45, 7) is 3.91. The maximum Gasteiger partial charge on any atom is 0.416 e. The van der Waals surface area contributed by atoms with Crippen LogP contribution in [-0.2, 0) is 6.18 Å². The molecule has 3 rings (SSSR count). The molecule has 0 unspecified atom stereocenters. The molecule has 172 valence electrons. The number of aromatic nitrogens is 2. The summed E-state index contributed by atoms with van der Waals surface area (Å²) >= 11 is 0. The van der Waals surface area contributed by atoms with E-state index in [4.69, 9.17) is 0 Å². The van der Waals surface area contributed by atoms with Gasteiger partial charge in [0.15, 0.2) is 5.69 Å². The molecular formula is C23H21F3N4O3. The molecule has 0 fully saturated rings. The summed E-state index contributed by atoms with van der Waals surface area (Å²) in [6.07, 6.45) is -3.79. The minimum absolute atomic E-state index is 0.0472. The molecule has 2 N–H and O–H groups in total. The van der Waals surface area contributed by atoms with Crippen LogP contribution in [0.1, 0.15) is 45.4 Å². The lowest BCUT2D eigenvalue weighted by Crippen LogP contribution is -2.27. The topological polar surface area (TPSA) is 93.1 Å². The van der Waals surface area contributed by atoms with Crippen molar-refractivity contribution in [2.24, 2.45) is 0 Å². The Balaban J connectivity index is 1.91. The molecule has 0 aliphatic heterocycles. The van der Waals surface area contributed by atoms with Gasteiger partial charge in [0.2, 0.25) is 5.43 Å². The highest BCUT2D eigenvalue weighted by Crippen LogP contribution is 2.30. The molecule has 3 aromatic rings. The molecule has 2 amide bonds. The number of anilines is 1. The molecule has 1 heterocycles. The zero-order valence-electron chi connectivity index (χ0n) is 17.9. The molecule has 0 atom stereocenters. The third-order valence-electron chi connectivity index (χ3n) is 4.66. The Morgan fingerprint density at radius 2 is 1.76 bits per heavy atom. The predicted octanol–water partition coefficient (Wildman–Crippen LogP) is 3.95. The van der Waals surface area contributed by atoms with E-state index in [0.29, 0.717) is 12.1 Å². The van der Waals surface area contributed by atoms with Crippen molar-refractivity contribution in [3.63, 3.8) is 0 Å². The van der Waals surface area contributed by atoms with Crippen molar-refractivity contribution in [3.8, 4) is 5.69 Å². The van der Waals surface area contributed by atoms with Gasteiger partial charge in [-0.05, 0) is 49.7 Å². The first kappa shape index (κ1) is 23.7. The Kier molecular flexibility index (Phi) is 6.95. The number of nitrogens with zero attached hydrogens (tertiary/aromatic N) is 2. The molecule has 2 aromatic carbocycles. The van der Waals surface area contributed by atoms with Crippen molar-refractivity contribution in [2.45, 2.75) is 26.4 Å². The minimum Gasteiger partial charge on any atom is -0.352 e. The van der Waals surface area contributed by atoms with Gasteiger partial charge in [-0.25, -0.2) is 4.68 Å². The highest BCUT2D eigenvalue weighted by atomic mass is 19.4. The number of benzene rings is 2. The third-order valence-corrected chi connectivity index (χ3v) is 4.66. The smallest absolute Gasteiger partial charge is 0.352 e. The van der Waals surface area contributed by atoms with Crippen molar-refractivity contribution >= 4 is 17.5 Å². The summed E-state index contributed by atoms with van der Waals surface area (Å²) in [5.74, 6) is -1.17. The first-order valence-corrected chi connectivity index (χ1v) is 10.1. The Hall–Kier alpha value is -3.95. The number of halogens is 3. The van der Waals surface area contributed by atoms with Crippen LogP contribution in [-0.4, -0.2) is 28.1 Å². The zero-order valence-corrected chi connectivity index (χ0v) is 17.9. The number of aryl methyl sites for hydroxylation is 1. The lowest BCUT2D eigenvalue weighted by atomic mass is 10.1. The maximum absolute atomic E-state index is 13.1. The Morgan fingerprint density at radius 1 is 1.03 bits per heavy atom. The largest absolute Gasteiger partial charge is 0.416 e. The molecule has 7 nitrogen and oxygen atoms in total. The fourth-order valence-corrected chi connectivity index (χ4v) is 3.05. The van der Waals surface area contributed by atoms with Gasteiger partial charge in [0.25, 0.3) is 11.8 Å². The first-order chi connectivity index (χ1) is 15.6. The average molecular weight is 458 g/mol. The van der Waals surface area contributed by atoms with Crippen molar-refractivity contribution in [1.29, 1.82) is 0 Å². The van der Waals surface area contributed by atoms with Gasteiger partial charge in [-0.2, -0.15) is 18.3 Å². The Morgan fingerprint density at radius 3 is 2.45 bits per heavy atom. The lowest BCUT2D eigenvalue weighted by molar-refractivity contribution is -0.137. The predicted molar refractivity (Wildman–Crippen MR) is 117 cm³/mol. The van der Waals surface area contributed by atoms with Crippen LogP contribution in [0.2, 0.25) is 0 Å². The van der Waals surface area contributed by atoms with E-state index < -0.39 is 28.8 Å². The van der Waals surface area contributed by atoms with Crippen LogP contribution < -0.4 is 16.1 Å². The third kappa shape index (κ3) is 5.65. The van der Waals surface area contributed by atoms with Gasteiger partial charge in [0, 0.05) is 29.6 Å². The van der Waals surface area contributed by atoms with E-state index in [1.165, 1.54) is 31.2 Å². The molecular weight excluding hydrogens is 437 g/mol. The van der Waals surface area contributed by atoms with Gasteiger partial charge in [0.1, 0.15) is 0 Å². The summed E-state index contributed by atoms with van der Waals surface area (Å²) in [6, 6.07) is 11.6. The SMILES string of the molecule is CCCNC(=O)c1cccc(NC(=O)c2nn(-c3cccc(C(F)(F)F)c3)c(C)cc2=O)c1. The second kappa shape index (κ2) is 9.68. The zero-order chi connectivity index (χ0) is 24.2. The highest BCUT2D eigenvalue weighted by Gasteiger charge is 2.30. The van der Waals surface area contributed by atoms with E-state index in [1.807, 2.05) is 6.92 Å². The summed E-state index contributed by atoms with van der Waals surface area (Å²) in [4.78, 5) is 37.3. The molecule has 0 aliphatic rings. The van der Waals surface area contributed by atoms with Crippen LogP contribution in [0.15, 0.2) is 59.4 Å². The standard InChI is InChI=1S/C23H21F3N4O3/c1-3-10-27-21(32)15-6-4-8-17(12-15)28-22(33)20-19(31)11-14(2)30(29-20)18-9-5-7-16(13-18)23(24,25)26/h4-9,11-13H,3,10H2,1-2H3,(H,27,32)(H,28,33). The summed E-state index contributed by atoms with van der Waals surface area (Å²) in [7, 11) is 0. The molecule has 1 aromatic heterocycles. The number of rotatable bonds is 6. The molecule has 0 saturated carbocycles. The number of carbonyl (C=O) groups is 2. The van der Waals surface area contributed by atoms with E-state index in [-0.39, 0.29) is 23.0 Å². The summed E-state index contributed by atoms with van der Waals surface area (Å²) < 4.78 is 40.3. The summed E-state index contributed by atoms with van der Waals surface area (Å²) in [5, 5.41) is 9.23. The number of alkyl halides is 3. The fourth-order valence-electron chi connectivity index (χ4n) is 3.05. The molecule has 10 heteroatoms. The highest BCUT2D eigenvalue weighted by molar-refractivity contribution is 6.03. The van der Waals surface area contributed by atoms with E-state index >= 15 is 0 Å². The number of hydrogen-bond donors (Lipinski definition) is 2. The van der Waals surface area contributed by atoms with E-state index in [2.05, 4.69) is 15.7 Å². The summed E-state index contributed by atoms with van der Waals surface area (Å²) in [5.41, 5.74) is -1.19. The maximum atomic E-state index is 13.1. The van der Waals surface area contributed by atoms with Crippen molar-refractivity contribution < 1.29 is 22.8 Å². The second-order valence-corrected chi connectivity index (χ2v) is 7.25. The quantitative estimate of drug-likeness (QED) is 0.585. The van der Waals surface area contributed by atoms with Crippen LogP contribution in [0.5, 0.6) is 0 Å². The van der Waals surface area contributed by atoms with Gasteiger partial charge < -0.3 is 10.6 Å². The van der Waals surface area contributed by atoms with Gasteiger partial charge in [0.05, 0.1) is 11.3 Å². The van der Waals surface area contributed by atoms with Gasteiger partial charge >= 0.3 is 6.18 Å². The van der Waals surface area contributed by atoms with Crippen molar-refractivity contribution in [2.75, 3.05) is 11.9 Å². The van der Waals surface area contributed by atoms with Gasteiger partial charge in [-0.15, -0.1) is 0 Å². The molecule has 0 bridgehead atoms. The number of carbonyl (C=O) groups excluding carboxylic acids is 2. The minimum atomic E-state index is -4.56. The Bertz CT molecular complexity index is 1250. The van der Waals surface area contributed by atoms with Gasteiger partial charge in [-0.1, -0.05) is 19.1 Å². The monoisotopic (exact) mass is 458 g/mol. The number of hydrogen-bond acceptors (Lipinski definition) is 4. The first-order valence-electron chi connectivity index (χ1n) is 10.1. The van der Waals surface area contributed by atoms with Crippen LogP contribution >= 0.6 is 0 Å². The van der Waals surface area contributed by atoms with Crippen LogP contribution in [0, 0.1) is 6.92 Å². The van der Waals surface area contributed by atoms with E-state index in [1.54, 1.807) is 12.1 Å². The fraction of sp³-hybridized carbons (Fsp3) is 0.217. The second-order valence-electron chi connectivity index (χ2n) is 7.25. The molecule has 0 saturated heterocycles. The van der Waals surface area contributed by atoms with Crippen molar-refractivity contribution in [1.82, 2.24) is 15.1 Å². The average Bonchev–Trinajstić information content (AvgIpc) is 2.77. The van der Waals surface area contributed by atoms with E-state index in [0.717, 1.165) is 29.3 Å². The molecule has 0 spiro atoms. The lowest BCUT2D eigenvalue weighted by Gasteiger charge is -2.14. The van der Waals surface area contributed by atoms with Gasteiger partial charge in [-0.3, -0.25) is 14.4 Å². The van der Waals surface area contributed by atoms with Crippen LogP contribution in [0.3, 0.4) is 0 Å². The molecule has 33 heavy (non-hydrogen) atoms. The Labute approximate surface area is 187 Å². The van der Waals surface area contributed by atoms with E-state index in [9.17, 15) is 27.6 Å². The molecule has 0 aliphatic carbocycles. The van der Waals surface area contributed by atoms with Crippen LogP contribution in [0.25, 0.3) is 5.69 Å². The van der Waals surface area contributed by atoms with Crippen LogP contribution in [0.4, 0.5) is 18.9 Å². The number of nitrogens with one attached hydrogen (secondary N) is 2. The van der Waals surface area contributed by atoms with Crippen molar-refractivity contribution in [3.05, 3.63) is 87.3 Å².